The molecule has 7 nitrogen and oxygen atoms in total. The van der Waals surface area contributed by atoms with E-state index in [1.807, 2.05) is 0 Å². The third-order valence-electron chi connectivity index (χ3n) is 5.56. The molecule has 2 aromatic carbocycles. The van der Waals surface area contributed by atoms with E-state index in [2.05, 4.69) is 20.4 Å². The molecule has 0 bridgehead atoms. The van der Waals surface area contributed by atoms with Crippen LogP contribution < -0.4 is 11.1 Å². The van der Waals surface area contributed by atoms with Gasteiger partial charge in [0.15, 0.2) is 5.82 Å². The van der Waals surface area contributed by atoms with E-state index < -0.39 is 11.2 Å². The number of amides is 1. The molecule has 3 heterocycles. The summed E-state index contributed by atoms with van der Waals surface area (Å²) in [5, 5.41) is 7.73. The summed E-state index contributed by atoms with van der Waals surface area (Å²) in [5.41, 5.74) is 7.14. The van der Waals surface area contributed by atoms with E-state index in [9.17, 15) is 13.6 Å². The van der Waals surface area contributed by atoms with Gasteiger partial charge in [-0.2, -0.15) is 5.10 Å². The Morgan fingerprint density at radius 3 is 2.68 bits per heavy atom. The van der Waals surface area contributed by atoms with Gasteiger partial charge in [0.2, 0.25) is 5.91 Å². The zero-order valence-corrected chi connectivity index (χ0v) is 16.8. The Labute approximate surface area is 175 Å². The predicted molar refractivity (Wildman–Crippen MR) is 112 cm³/mol. The van der Waals surface area contributed by atoms with Crippen LogP contribution in [0.4, 0.5) is 20.4 Å². The summed E-state index contributed by atoms with van der Waals surface area (Å²) < 4.78 is 29.8. The Balaban J connectivity index is 1.69. The second-order valence-electron chi connectivity index (χ2n) is 7.99. The van der Waals surface area contributed by atoms with Crippen LogP contribution in [0.1, 0.15) is 25.0 Å². The molecule has 0 unspecified atom stereocenters. The first-order chi connectivity index (χ1) is 14.8. The molecule has 156 valence electrons. The van der Waals surface area contributed by atoms with E-state index in [-0.39, 0.29) is 29.9 Å². The SMILES string of the molecule is CC1(C)C(=O)Nc2nc(-c3nn(Cc4ccccc4F)c4ccc(F)cc34)nc(N)c21. The summed E-state index contributed by atoms with van der Waals surface area (Å²) >= 11 is 0. The zero-order chi connectivity index (χ0) is 21.9. The molecule has 1 amide bonds. The van der Waals surface area contributed by atoms with E-state index in [0.29, 0.717) is 33.5 Å². The molecule has 9 heteroatoms. The molecule has 0 saturated carbocycles. The summed E-state index contributed by atoms with van der Waals surface area (Å²) in [6.45, 7) is 3.61. The average Bonchev–Trinajstić information content (AvgIpc) is 3.17. The Hall–Kier alpha value is -3.88. The molecule has 0 fully saturated rings. The van der Waals surface area contributed by atoms with Crippen molar-refractivity contribution in [2.24, 2.45) is 0 Å². The Morgan fingerprint density at radius 2 is 1.90 bits per heavy atom. The van der Waals surface area contributed by atoms with Gasteiger partial charge in [-0.05, 0) is 38.1 Å². The van der Waals surface area contributed by atoms with E-state index in [4.69, 9.17) is 5.73 Å². The second kappa shape index (κ2) is 6.56. The zero-order valence-electron chi connectivity index (χ0n) is 16.8. The first kappa shape index (κ1) is 19.1. The van der Waals surface area contributed by atoms with Crippen LogP contribution >= 0.6 is 0 Å². The van der Waals surface area contributed by atoms with E-state index in [0.717, 1.165) is 0 Å². The average molecular weight is 420 g/mol. The Kier molecular flexibility index (Phi) is 4.04. The second-order valence-corrected chi connectivity index (χ2v) is 7.99. The standard InChI is InChI=1S/C22H18F2N6O/c1-22(2)16-18(25)26-20(27-19(16)28-21(22)31)17-13-9-12(23)7-8-15(13)30(29-17)10-11-5-3-4-6-14(11)24/h3-9H,10H2,1-2H3,(H3,25,26,27,28,31). The van der Waals surface area contributed by atoms with Crippen LogP contribution in [-0.4, -0.2) is 25.7 Å². The van der Waals surface area contributed by atoms with Gasteiger partial charge in [-0.25, -0.2) is 18.7 Å². The van der Waals surface area contributed by atoms with E-state index in [1.54, 1.807) is 42.8 Å². The van der Waals surface area contributed by atoms with Gasteiger partial charge in [0.25, 0.3) is 0 Å². The highest BCUT2D eigenvalue weighted by Gasteiger charge is 2.42. The van der Waals surface area contributed by atoms with Gasteiger partial charge < -0.3 is 11.1 Å². The number of anilines is 2. The van der Waals surface area contributed by atoms with Crippen LogP contribution in [0.2, 0.25) is 0 Å². The van der Waals surface area contributed by atoms with Crippen LogP contribution in [0.15, 0.2) is 42.5 Å². The van der Waals surface area contributed by atoms with E-state index in [1.165, 1.54) is 18.2 Å². The molecule has 1 aliphatic rings. The van der Waals surface area contributed by atoms with Crippen LogP contribution in [0.3, 0.4) is 0 Å². The number of carbonyl (C=O) groups excluding carboxylic acids is 1. The maximum absolute atomic E-state index is 14.2. The van der Waals surface area contributed by atoms with Crippen molar-refractivity contribution in [1.82, 2.24) is 19.7 Å². The quantitative estimate of drug-likeness (QED) is 0.527. The number of fused-ring (bicyclic) bond motifs is 2. The van der Waals surface area contributed by atoms with Crippen molar-refractivity contribution < 1.29 is 13.6 Å². The van der Waals surface area contributed by atoms with Crippen molar-refractivity contribution in [3.63, 3.8) is 0 Å². The number of aromatic nitrogens is 4. The van der Waals surface area contributed by atoms with Crippen molar-refractivity contribution in [3.05, 3.63) is 65.2 Å². The molecule has 0 spiro atoms. The highest BCUT2D eigenvalue weighted by Crippen LogP contribution is 2.40. The highest BCUT2D eigenvalue weighted by atomic mass is 19.1. The number of nitrogens with one attached hydrogen (secondary N) is 1. The van der Waals surface area contributed by atoms with Crippen molar-refractivity contribution in [3.8, 4) is 11.5 Å². The van der Waals surface area contributed by atoms with Crippen molar-refractivity contribution in [2.45, 2.75) is 25.8 Å². The van der Waals surface area contributed by atoms with Gasteiger partial charge in [-0.1, -0.05) is 18.2 Å². The molecule has 4 aromatic rings. The minimum Gasteiger partial charge on any atom is -0.383 e. The summed E-state index contributed by atoms with van der Waals surface area (Å²) in [6.07, 6.45) is 0. The van der Waals surface area contributed by atoms with Crippen molar-refractivity contribution >= 4 is 28.4 Å². The topological polar surface area (TPSA) is 98.7 Å². The number of benzene rings is 2. The van der Waals surface area contributed by atoms with Gasteiger partial charge in [0.1, 0.15) is 29.0 Å². The van der Waals surface area contributed by atoms with Crippen LogP contribution in [-0.2, 0) is 16.8 Å². The fourth-order valence-corrected chi connectivity index (χ4v) is 3.89. The fraction of sp³-hybridized carbons (Fsp3) is 0.182. The molecule has 0 aliphatic carbocycles. The molecule has 0 saturated heterocycles. The van der Waals surface area contributed by atoms with Gasteiger partial charge in [0.05, 0.1) is 23.0 Å². The molecule has 3 N–H and O–H groups in total. The maximum atomic E-state index is 14.2. The Bertz CT molecular complexity index is 1380. The summed E-state index contributed by atoms with van der Waals surface area (Å²) in [5.74, 6) is -0.443. The minimum absolute atomic E-state index is 0.138. The Morgan fingerprint density at radius 1 is 1.13 bits per heavy atom. The number of hydrogen-bond donors (Lipinski definition) is 2. The lowest BCUT2D eigenvalue weighted by atomic mass is 9.87. The number of rotatable bonds is 3. The molecular formula is C22H18F2N6O. The molecule has 5 rings (SSSR count). The molecule has 0 radical (unpaired) electrons. The van der Waals surface area contributed by atoms with Gasteiger partial charge in [-0.3, -0.25) is 9.48 Å². The third kappa shape index (κ3) is 2.92. The number of nitrogen functional groups attached to an aromatic ring is 1. The normalized spacial score (nSPS) is 14.6. The first-order valence-corrected chi connectivity index (χ1v) is 9.65. The molecule has 0 atom stereocenters. The monoisotopic (exact) mass is 420 g/mol. The van der Waals surface area contributed by atoms with E-state index >= 15 is 0 Å². The number of carbonyl (C=O) groups is 1. The van der Waals surface area contributed by atoms with Gasteiger partial charge in [0, 0.05) is 10.9 Å². The maximum Gasteiger partial charge on any atom is 0.235 e. The van der Waals surface area contributed by atoms with Crippen molar-refractivity contribution in [1.29, 1.82) is 0 Å². The number of nitrogens with zero attached hydrogens (tertiary/aromatic N) is 4. The van der Waals surface area contributed by atoms with Gasteiger partial charge in [-0.15, -0.1) is 0 Å². The molecule has 31 heavy (non-hydrogen) atoms. The molecule has 2 aromatic heterocycles. The van der Waals surface area contributed by atoms with Crippen LogP contribution in [0.5, 0.6) is 0 Å². The third-order valence-corrected chi connectivity index (χ3v) is 5.56. The number of hydrogen-bond acceptors (Lipinski definition) is 5. The molecular weight excluding hydrogens is 402 g/mol. The number of nitrogens with two attached hydrogens (primary N) is 1. The summed E-state index contributed by atoms with van der Waals surface area (Å²) in [6, 6.07) is 10.6. The highest BCUT2D eigenvalue weighted by molar-refractivity contribution is 6.06. The summed E-state index contributed by atoms with van der Waals surface area (Å²) in [7, 11) is 0. The summed E-state index contributed by atoms with van der Waals surface area (Å²) in [4.78, 5) is 21.1. The smallest absolute Gasteiger partial charge is 0.235 e. The molecule has 1 aliphatic heterocycles. The first-order valence-electron chi connectivity index (χ1n) is 9.65. The van der Waals surface area contributed by atoms with Gasteiger partial charge >= 0.3 is 0 Å². The van der Waals surface area contributed by atoms with Crippen molar-refractivity contribution in [2.75, 3.05) is 11.1 Å². The van der Waals surface area contributed by atoms with Crippen LogP contribution in [0.25, 0.3) is 22.4 Å². The predicted octanol–water partition coefficient (Wildman–Crippen LogP) is 3.63. The lowest BCUT2D eigenvalue weighted by molar-refractivity contribution is -0.119. The lowest BCUT2D eigenvalue weighted by Crippen LogP contribution is -2.27. The van der Waals surface area contributed by atoms with Crippen LogP contribution in [0, 0.1) is 11.6 Å². The largest absolute Gasteiger partial charge is 0.383 e. The minimum atomic E-state index is -0.865. The number of halogens is 2. The fourth-order valence-electron chi connectivity index (χ4n) is 3.89. The lowest BCUT2D eigenvalue weighted by Gasteiger charge is -2.15.